The number of carbonyl (C=O) groups excluding carboxylic acids is 4. The van der Waals surface area contributed by atoms with Gasteiger partial charge in [0, 0.05) is 12.8 Å². The molecule has 10 heteroatoms. The maximum absolute atomic E-state index is 13.1. The topological polar surface area (TPSA) is 120 Å². The van der Waals surface area contributed by atoms with E-state index in [-0.39, 0.29) is 31.8 Å². The average Bonchev–Trinajstić information content (AvgIpc) is 2.98. The minimum absolute atomic E-state index is 0.0193. The van der Waals surface area contributed by atoms with Gasteiger partial charge in [-0.25, -0.2) is 14.6 Å². The molecule has 0 unspecified atom stereocenters. The Bertz CT molecular complexity index is 780. The molecule has 0 saturated carbocycles. The lowest BCUT2D eigenvalue weighted by molar-refractivity contribution is -0.396. The molecular weight excluding hydrogens is 420 g/mol. The van der Waals surface area contributed by atoms with Gasteiger partial charge < -0.3 is 14.8 Å². The number of hydrogen-bond acceptors (Lipinski definition) is 8. The molecule has 180 valence electrons. The van der Waals surface area contributed by atoms with Crippen LogP contribution in [-0.2, 0) is 33.6 Å². The van der Waals surface area contributed by atoms with E-state index in [4.69, 9.17) is 19.2 Å². The van der Waals surface area contributed by atoms with Gasteiger partial charge in [0.25, 0.3) is 0 Å². The SMILES string of the molecule is CCOC(=O)CNC(=O)[C@H]1C[C@@]2(OOC(C)(C)C)C=CC(=O)C[C@H]2N1C(=O)OC(C)(C)C. The van der Waals surface area contributed by atoms with Gasteiger partial charge in [0.15, 0.2) is 5.78 Å². The molecule has 10 nitrogen and oxygen atoms in total. The number of likely N-dealkylation sites (tertiary alicyclic amines) is 1. The number of esters is 1. The summed E-state index contributed by atoms with van der Waals surface area (Å²) in [4.78, 5) is 62.7. The van der Waals surface area contributed by atoms with Crippen molar-refractivity contribution < 1.29 is 38.4 Å². The fourth-order valence-corrected chi connectivity index (χ4v) is 3.53. The maximum atomic E-state index is 13.1. The van der Waals surface area contributed by atoms with Gasteiger partial charge in [-0.05, 0) is 60.6 Å². The summed E-state index contributed by atoms with van der Waals surface area (Å²) in [6, 6.07) is -1.88. The number of fused-ring (bicyclic) bond motifs is 1. The Kier molecular flexibility index (Phi) is 7.72. The zero-order valence-electron chi connectivity index (χ0n) is 19.9. The molecule has 0 aromatic rings. The van der Waals surface area contributed by atoms with Crippen molar-refractivity contribution in [3.8, 4) is 0 Å². The Labute approximate surface area is 188 Å². The highest BCUT2D eigenvalue weighted by Crippen LogP contribution is 2.43. The summed E-state index contributed by atoms with van der Waals surface area (Å²) in [6.07, 6.45) is 2.10. The van der Waals surface area contributed by atoms with Gasteiger partial charge >= 0.3 is 12.1 Å². The number of carbonyl (C=O) groups is 4. The summed E-state index contributed by atoms with van der Waals surface area (Å²) in [5, 5.41) is 2.50. The smallest absolute Gasteiger partial charge is 0.411 e. The fraction of sp³-hybridized carbons (Fsp3) is 0.727. The summed E-state index contributed by atoms with van der Waals surface area (Å²) < 4.78 is 10.4. The van der Waals surface area contributed by atoms with Crippen molar-refractivity contribution >= 4 is 23.8 Å². The molecule has 1 aliphatic carbocycles. The molecule has 1 N–H and O–H groups in total. The van der Waals surface area contributed by atoms with Crippen molar-refractivity contribution in [3.05, 3.63) is 12.2 Å². The predicted octanol–water partition coefficient (Wildman–Crippen LogP) is 2.06. The van der Waals surface area contributed by atoms with Crippen LogP contribution in [-0.4, -0.2) is 70.7 Å². The third-order valence-electron chi connectivity index (χ3n) is 4.76. The lowest BCUT2D eigenvalue weighted by Crippen LogP contribution is -2.54. The lowest BCUT2D eigenvalue weighted by Gasteiger charge is -2.38. The van der Waals surface area contributed by atoms with E-state index < -0.39 is 46.9 Å². The normalized spacial score (nSPS) is 25.3. The molecule has 1 aliphatic heterocycles. The van der Waals surface area contributed by atoms with Crippen LogP contribution in [0.1, 0.15) is 61.3 Å². The summed E-state index contributed by atoms with van der Waals surface area (Å²) >= 11 is 0. The largest absolute Gasteiger partial charge is 0.465 e. The van der Waals surface area contributed by atoms with Crippen molar-refractivity contribution in [2.75, 3.05) is 13.2 Å². The Hall–Kier alpha value is -2.46. The highest BCUT2D eigenvalue weighted by atomic mass is 17.2. The maximum Gasteiger partial charge on any atom is 0.411 e. The number of ether oxygens (including phenoxy) is 2. The summed E-state index contributed by atoms with van der Waals surface area (Å²) in [6.45, 7) is 12.0. The van der Waals surface area contributed by atoms with Gasteiger partial charge in [0.05, 0.1) is 18.2 Å². The quantitative estimate of drug-likeness (QED) is 0.368. The highest BCUT2D eigenvalue weighted by molar-refractivity contribution is 5.94. The van der Waals surface area contributed by atoms with E-state index in [0.717, 1.165) is 0 Å². The second-order valence-electron chi connectivity index (χ2n) is 9.88. The van der Waals surface area contributed by atoms with Crippen LogP contribution in [0.5, 0.6) is 0 Å². The number of ketones is 1. The van der Waals surface area contributed by atoms with E-state index in [0.29, 0.717) is 0 Å². The van der Waals surface area contributed by atoms with Crippen LogP contribution in [0.2, 0.25) is 0 Å². The zero-order chi connectivity index (χ0) is 24.3. The standard InChI is InChI=1S/C22H34N2O8/c1-8-29-17(26)13-23-18(27)15-12-22(32-31-21(5,6)7)10-9-14(25)11-16(22)24(15)19(28)30-20(2,3)4/h9-10,15-16H,8,11-13H2,1-7H3,(H,23,27)/t15-,16-,22+/m1/s1. The summed E-state index contributed by atoms with van der Waals surface area (Å²) in [7, 11) is 0. The highest BCUT2D eigenvalue weighted by Gasteiger charge is 2.59. The minimum atomic E-state index is -1.23. The molecule has 0 spiro atoms. The third kappa shape index (κ3) is 6.52. The van der Waals surface area contributed by atoms with E-state index in [2.05, 4.69) is 5.32 Å². The van der Waals surface area contributed by atoms with Crippen LogP contribution in [0.15, 0.2) is 12.2 Å². The molecule has 0 radical (unpaired) electrons. The van der Waals surface area contributed by atoms with Gasteiger partial charge in [-0.3, -0.25) is 19.3 Å². The summed E-state index contributed by atoms with van der Waals surface area (Å²) in [5.74, 6) is -1.40. The van der Waals surface area contributed by atoms with Crippen LogP contribution >= 0.6 is 0 Å². The van der Waals surface area contributed by atoms with Gasteiger partial charge in [-0.2, -0.15) is 0 Å². The molecule has 1 saturated heterocycles. The van der Waals surface area contributed by atoms with Gasteiger partial charge in [-0.1, -0.05) is 0 Å². The molecule has 2 aliphatic rings. The first-order valence-electron chi connectivity index (χ1n) is 10.7. The van der Waals surface area contributed by atoms with Crippen molar-refractivity contribution in [1.82, 2.24) is 10.2 Å². The average molecular weight is 455 g/mol. The van der Waals surface area contributed by atoms with Crippen LogP contribution in [0, 0.1) is 0 Å². The first-order chi connectivity index (χ1) is 14.7. The monoisotopic (exact) mass is 454 g/mol. The van der Waals surface area contributed by atoms with Crippen LogP contribution < -0.4 is 5.32 Å². The number of rotatable bonds is 6. The first-order valence-corrected chi connectivity index (χ1v) is 10.7. The molecule has 2 amide bonds. The molecule has 2 rings (SSSR count). The lowest BCUT2D eigenvalue weighted by atomic mass is 9.85. The van der Waals surface area contributed by atoms with E-state index >= 15 is 0 Å². The number of hydrogen-bond donors (Lipinski definition) is 1. The molecule has 3 atom stereocenters. The second kappa shape index (κ2) is 9.58. The van der Waals surface area contributed by atoms with E-state index in [1.54, 1.807) is 48.5 Å². The Morgan fingerprint density at radius 1 is 1.16 bits per heavy atom. The second-order valence-corrected chi connectivity index (χ2v) is 9.88. The van der Waals surface area contributed by atoms with Crippen molar-refractivity contribution in [2.24, 2.45) is 0 Å². The zero-order valence-corrected chi connectivity index (χ0v) is 19.9. The van der Waals surface area contributed by atoms with E-state index in [9.17, 15) is 19.2 Å². The van der Waals surface area contributed by atoms with Crippen molar-refractivity contribution in [3.63, 3.8) is 0 Å². The molecule has 0 aromatic heterocycles. The van der Waals surface area contributed by atoms with E-state index in [1.807, 2.05) is 0 Å². The van der Waals surface area contributed by atoms with Crippen LogP contribution in [0.4, 0.5) is 4.79 Å². The number of amides is 2. The Balaban J connectivity index is 2.38. The van der Waals surface area contributed by atoms with Gasteiger partial charge in [0.1, 0.15) is 23.8 Å². The number of nitrogens with one attached hydrogen (secondary N) is 1. The van der Waals surface area contributed by atoms with Crippen molar-refractivity contribution in [1.29, 1.82) is 0 Å². The predicted molar refractivity (Wildman–Crippen MR) is 113 cm³/mol. The molecular formula is C22H34N2O8. The van der Waals surface area contributed by atoms with Gasteiger partial charge in [0.2, 0.25) is 5.91 Å². The Morgan fingerprint density at radius 2 is 1.81 bits per heavy atom. The van der Waals surface area contributed by atoms with Gasteiger partial charge in [-0.15, -0.1) is 0 Å². The fourth-order valence-electron chi connectivity index (χ4n) is 3.53. The molecule has 32 heavy (non-hydrogen) atoms. The first kappa shape index (κ1) is 25.8. The number of nitrogens with zero attached hydrogens (tertiary/aromatic N) is 1. The minimum Gasteiger partial charge on any atom is -0.465 e. The van der Waals surface area contributed by atoms with E-state index in [1.165, 1.54) is 17.1 Å². The third-order valence-corrected chi connectivity index (χ3v) is 4.76. The van der Waals surface area contributed by atoms with Crippen LogP contribution in [0.25, 0.3) is 0 Å². The molecule has 0 aromatic carbocycles. The molecule has 1 heterocycles. The van der Waals surface area contributed by atoms with Crippen molar-refractivity contribution in [2.45, 2.75) is 90.2 Å². The summed E-state index contributed by atoms with van der Waals surface area (Å²) in [5.41, 5.74) is -2.73. The Morgan fingerprint density at radius 3 is 2.38 bits per heavy atom. The number of allylic oxidation sites excluding steroid dienone is 1. The molecule has 0 bridgehead atoms. The molecule has 1 fully saturated rings. The van der Waals surface area contributed by atoms with Crippen LogP contribution in [0.3, 0.4) is 0 Å².